The summed E-state index contributed by atoms with van der Waals surface area (Å²) >= 11 is 6.63. The van der Waals surface area contributed by atoms with Crippen molar-refractivity contribution < 1.29 is 9.15 Å². The molecular weight excluding hydrogens is 464 g/mol. The summed E-state index contributed by atoms with van der Waals surface area (Å²) in [5.74, 6) is 0.677. The van der Waals surface area contributed by atoms with Crippen molar-refractivity contribution in [3.63, 3.8) is 0 Å². The Morgan fingerprint density at radius 2 is 1.66 bits per heavy atom. The lowest BCUT2D eigenvalue weighted by atomic mass is 9.97. The summed E-state index contributed by atoms with van der Waals surface area (Å²) < 4.78 is 12.8. The van der Waals surface area contributed by atoms with Gasteiger partial charge in [0.1, 0.15) is 5.52 Å². The van der Waals surface area contributed by atoms with E-state index in [1.807, 2.05) is 90.8 Å². The first-order valence-electron chi connectivity index (χ1n) is 11.0. The van der Waals surface area contributed by atoms with Crippen molar-refractivity contribution in [1.82, 2.24) is 14.5 Å². The molecule has 1 atom stereocenters. The average molecular weight is 487 g/mol. The van der Waals surface area contributed by atoms with Gasteiger partial charge in [-0.05, 0) is 29.3 Å². The van der Waals surface area contributed by atoms with Crippen LogP contribution in [0.1, 0.15) is 17.2 Å². The highest BCUT2D eigenvalue weighted by molar-refractivity contribution is 6.31. The fraction of sp³-hybridized carbons (Fsp3) is 0.148. The summed E-state index contributed by atoms with van der Waals surface area (Å²) in [4.78, 5) is 24.7. The molecule has 0 amide bonds. The Balaban J connectivity index is 1.72. The fourth-order valence-electron chi connectivity index (χ4n) is 4.25. The summed E-state index contributed by atoms with van der Waals surface area (Å²) in [5.41, 5.74) is 3.03. The molecule has 5 rings (SSSR count). The maximum Gasteiger partial charge on any atom is 0.297 e. The number of anilines is 1. The van der Waals surface area contributed by atoms with Gasteiger partial charge in [0.2, 0.25) is 11.7 Å². The van der Waals surface area contributed by atoms with Gasteiger partial charge in [-0.15, -0.1) is 0 Å². The number of halogens is 1. The number of aromatic nitrogens is 3. The number of methoxy groups -OCH3 is 1. The monoisotopic (exact) mass is 486 g/mol. The second-order valence-corrected chi connectivity index (χ2v) is 8.50. The van der Waals surface area contributed by atoms with Gasteiger partial charge in [0.15, 0.2) is 11.3 Å². The molecule has 0 N–H and O–H groups in total. The molecule has 0 bridgehead atoms. The predicted octanol–water partition coefficient (Wildman–Crippen LogP) is 5.48. The highest BCUT2D eigenvalue weighted by atomic mass is 35.5. The van der Waals surface area contributed by atoms with Crippen molar-refractivity contribution in [2.24, 2.45) is 7.05 Å². The average Bonchev–Trinajstić information content (AvgIpc) is 3.31. The van der Waals surface area contributed by atoms with E-state index in [9.17, 15) is 4.79 Å². The molecule has 0 radical (unpaired) electrons. The summed E-state index contributed by atoms with van der Waals surface area (Å²) in [6.45, 7) is 0. The third kappa shape index (κ3) is 4.04. The Morgan fingerprint density at radius 1 is 0.971 bits per heavy atom. The van der Waals surface area contributed by atoms with Crippen molar-refractivity contribution in [2.75, 3.05) is 19.1 Å². The van der Waals surface area contributed by atoms with Crippen LogP contribution in [-0.2, 0) is 7.05 Å². The van der Waals surface area contributed by atoms with Crippen LogP contribution in [0.5, 0.6) is 5.75 Å². The van der Waals surface area contributed by atoms with E-state index in [1.165, 1.54) is 11.7 Å². The number of oxazole rings is 1. The lowest BCUT2D eigenvalue weighted by Gasteiger charge is -2.31. The summed E-state index contributed by atoms with van der Waals surface area (Å²) in [7, 11) is 4.98. The third-order valence-corrected chi connectivity index (χ3v) is 6.29. The minimum atomic E-state index is -0.354. The largest absolute Gasteiger partial charge is 0.489 e. The normalized spacial score (nSPS) is 12.0. The number of nitrogens with zero attached hydrogens (tertiary/aromatic N) is 4. The maximum atomic E-state index is 13.4. The zero-order chi connectivity index (χ0) is 24.5. The zero-order valence-corrected chi connectivity index (χ0v) is 20.2. The minimum Gasteiger partial charge on any atom is -0.489 e. The van der Waals surface area contributed by atoms with Crippen LogP contribution < -0.4 is 15.2 Å². The number of hydrogen-bond donors (Lipinski definition) is 0. The van der Waals surface area contributed by atoms with Gasteiger partial charge in [0.25, 0.3) is 11.4 Å². The van der Waals surface area contributed by atoms with Gasteiger partial charge in [-0.2, -0.15) is 0 Å². The molecule has 3 aromatic carbocycles. The van der Waals surface area contributed by atoms with Crippen molar-refractivity contribution >= 4 is 28.6 Å². The van der Waals surface area contributed by atoms with E-state index in [1.54, 1.807) is 7.05 Å². The van der Waals surface area contributed by atoms with Crippen LogP contribution in [0.15, 0.2) is 88.1 Å². The Kier molecular flexibility index (Phi) is 6.01. The number of hydrogen-bond acceptors (Lipinski definition) is 6. The minimum absolute atomic E-state index is 0.0604. The van der Waals surface area contributed by atoms with E-state index in [0.29, 0.717) is 22.1 Å². The van der Waals surface area contributed by atoms with Gasteiger partial charge in [-0.1, -0.05) is 72.3 Å². The van der Waals surface area contributed by atoms with Crippen LogP contribution in [-0.4, -0.2) is 28.7 Å². The molecule has 0 aliphatic carbocycles. The molecule has 8 heteroatoms. The summed E-state index contributed by atoms with van der Waals surface area (Å²) in [6.07, 6.45) is 0. The topological polar surface area (TPSA) is 73.4 Å². The molecule has 5 aromatic rings. The van der Waals surface area contributed by atoms with E-state index in [-0.39, 0.29) is 28.9 Å². The van der Waals surface area contributed by atoms with E-state index in [4.69, 9.17) is 25.7 Å². The molecule has 2 aromatic heterocycles. The lowest BCUT2D eigenvalue weighted by molar-refractivity contribution is 0.401. The molecule has 0 saturated heterocycles. The molecule has 0 aliphatic rings. The number of benzene rings is 3. The highest BCUT2D eigenvalue weighted by Crippen LogP contribution is 2.36. The van der Waals surface area contributed by atoms with Crippen molar-refractivity contribution in [3.8, 4) is 17.3 Å². The summed E-state index contributed by atoms with van der Waals surface area (Å²) in [6, 6.07) is 24.7. The Hall–Kier alpha value is -4.10. The van der Waals surface area contributed by atoms with E-state index in [2.05, 4.69) is 4.98 Å². The van der Waals surface area contributed by atoms with Crippen LogP contribution in [0.25, 0.3) is 22.7 Å². The Labute approximate surface area is 207 Å². The van der Waals surface area contributed by atoms with Crippen LogP contribution in [0, 0.1) is 0 Å². The highest BCUT2D eigenvalue weighted by Gasteiger charge is 2.28. The van der Waals surface area contributed by atoms with E-state index in [0.717, 1.165) is 11.1 Å². The van der Waals surface area contributed by atoms with E-state index >= 15 is 0 Å². The van der Waals surface area contributed by atoms with Gasteiger partial charge in [-0.25, -0.2) is 9.97 Å². The quantitative estimate of drug-likeness (QED) is 0.316. The zero-order valence-electron chi connectivity index (χ0n) is 19.5. The number of para-hydroxylation sites is 2. The molecule has 0 aliphatic heterocycles. The molecule has 0 spiro atoms. The molecule has 176 valence electrons. The van der Waals surface area contributed by atoms with Crippen LogP contribution >= 0.6 is 11.6 Å². The van der Waals surface area contributed by atoms with Crippen molar-refractivity contribution in [1.29, 1.82) is 0 Å². The van der Waals surface area contributed by atoms with Gasteiger partial charge in [-0.3, -0.25) is 9.36 Å². The molecule has 2 heterocycles. The Morgan fingerprint density at radius 3 is 2.37 bits per heavy atom. The van der Waals surface area contributed by atoms with Crippen LogP contribution in [0.2, 0.25) is 5.02 Å². The second kappa shape index (κ2) is 9.27. The first-order chi connectivity index (χ1) is 17.0. The molecular formula is C27H23ClN4O3. The Bertz CT molecular complexity index is 1530. The number of ether oxygens (including phenoxy) is 1. The van der Waals surface area contributed by atoms with Gasteiger partial charge in [0.05, 0.1) is 13.2 Å². The molecule has 0 fully saturated rings. The first kappa shape index (κ1) is 22.7. The molecule has 35 heavy (non-hydrogen) atoms. The standard InChI is InChI=1S/C27H23ClN4O3/c1-31(23(17-11-5-4-6-12-17)18-13-7-8-14-19(18)28)27-30-22(24(34-3)26(33)32(27)2)25-29-20-15-9-10-16-21(20)35-25/h4-16,23H,1-3H3. The van der Waals surface area contributed by atoms with Gasteiger partial charge >= 0.3 is 0 Å². The second-order valence-electron chi connectivity index (χ2n) is 8.09. The first-order valence-corrected chi connectivity index (χ1v) is 11.4. The summed E-state index contributed by atoms with van der Waals surface area (Å²) in [5, 5.41) is 0.617. The fourth-order valence-corrected chi connectivity index (χ4v) is 4.49. The van der Waals surface area contributed by atoms with Crippen molar-refractivity contribution in [2.45, 2.75) is 6.04 Å². The number of rotatable bonds is 6. The SMILES string of the molecule is COc1c(-c2nc3ccccc3o2)nc(N(C)C(c2ccccc2)c2ccccc2Cl)n(C)c1=O. The van der Waals surface area contributed by atoms with E-state index < -0.39 is 0 Å². The smallest absolute Gasteiger partial charge is 0.297 e. The van der Waals surface area contributed by atoms with Crippen LogP contribution in [0.3, 0.4) is 0 Å². The van der Waals surface area contributed by atoms with Crippen molar-refractivity contribution in [3.05, 3.63) is 105 Å². The van der Waals surface area contributed by atoms with Gasteiger partial charge in [0, 0.05) is 19.1 Å². The van der Waals surface area contributed by atoms with Gasteiger partial charge < -0.3 is 14.1 Å². The predicted molar refractivity (Wildman–Crippen MR) is 137 cm³/mol. The van der Waals surface area contributed by atoms with Crippen LogP contribution in [0.4, 0.5) is 5.95 Å². The molecule has 7 nitrogen and oxygen atoms in total. The number of fused-ring (bicyclic) bond motifs is 1. The molecule has 0 saturated carbocycles. The lowest BCUT2D eigenvalue weighted by Crippen LogP contribution is -2.33. The maximum absolute atomic E-state index is 13.4. The third-order valence-electron chi connectivity index (χ3n) is 5.94. The molecule has 1 unspecified atom stereocenters.